The van der Waals surface area contributed by atoms with Gasteiger partial charge in [-0.1, -0.05) is 0 Å². The molecule has 0 fully saturated rings. The van der Waals surface area contributed by atoms with Crippen LogP contribution in [0.25, 0.3) is 0 Å². The summed E-state index contributed by atoms with van der Waals surface area (Å²) in [5.41, 5.74) is -10.8. The second-order valence-electron chi connectivity index (χ2n) is 5.16. The highest BCUT2D eigenvalue weighted by Gasteiger charge is 2.81. The molecule has 0 saturated carbocycles. The van der Waals surface area contributed by atoms with Gasteiger partial charge in [0.2, 0.25) is 5.67 Å². The summed E-state index contributed by atoms with van der Waals surface area (Å²) in [6, 6.07) is -3.50. The number of hydrogen-bond donors (Lipinski definition) is 0. The molecule has 0 aliphatic carbocycles. The molecule has 0 saturated heterocycles. The van der Waals surface area contributed by atoms with Crippen LogP contribution in [0.4, 0.5) is 52.7 Å². The van der Waals surface area contributed by atoms with E-state index < -0.39 is 66.7 Å². The predicted molar refractivity (Wildman–Crippen MR) is 56.1 cm³/mol. The van der Waals surface area contributed by atoms with Gasteiger partial charge in [0.25, 0.3) is 17.2 Å². The molecule has 2 atom stereocenters. The number of ketones is 2. The molecule has 0 amide bonds. The van der Waals surface area contributed by atoms with Crippen molar-refractivity contribution in [2.75, 3.05) is 0 Å². The summed E-state index contributed by atoms with van der Waals surface area (Å²) < 4.78 is 154. The third kappa shape index (κ3) is 3.26. The van der Waals surface area contributed by atoms with Crippen LogP contribution in [-0.4, -0.2) is 52.9 Å². The Morgan fingerprint density at radius 2 is 0.962 bits per heavy atom. The Hall–Kier alpha value is -1.83. The number of alkyl halides is 11. The molecular formula is C11H6F12O3. The van der Waals surface area contributed by atoms with Gasteiger partial charge in [-0.05, 0) is 13.8 Å². The molecule has 0 aromatic carbocycles. The van der Waals surface area contributed by atoms with Crippen molar-refractivity contribution in [2.24, 2.45) is 0 Å². The quantitative estimate of drug-likeness (QED) is 0.364. The van der Waals surface area contributed by atoms with Crippen LogP contribution in [0.15, 0.2) is 0 Å². The first-order valence-electron chi connectivity index (χ1n) is 5.88. The van der Waals surface area contributed by atoms with Gasteiger partial charge in [-0.3, -0.25) is 14.4 Å². The van der Waals surface area contributed by atoms with Gasteiger partial charge < -0.3 is 0 Å². The minimum atomic E-state index is -7.36. The van der Waals surface area contributed by atoms with E-state index in [1.165, 1.54) is 0 Å². The maximum absolute atomic E-state index is 13.8. The summed E-state index contributed by atoms with van der Waals surface area (Å²) >= 11 is 0. The zero-order chi connectivity index (χ0) is 21.7. The van der Waals surface area contributed by atoms with Gasteiger partial charge in [0, 0.05) is 0 Å². The first-order valence-corrected chi connectivity index (χ1v) is 5.88. The molecular weight excluding hydrogens is 408 g/mol. The highest BCUT2D eigenvalue weighted by Crippen LogP contribution is 2.51. The van der Waals surface area contributed by atoms with Gasteiger partial charge in [0.15, 0.2) is 0 Å². The van der Waals surface area contributed by atoms with E-state index in [-0.39, 0.29) is 0 Å². The SMILES string of the molecule is CC(F)(C(=O)F)C(=O)C(F)(F)C(C)(F)C(=O)C(F)(F)C(F)(F)C(F)(F)F. The van der Waals surface area contributed by atoms with Crippen molar-refractivity contribution in [3.05, 3.63) is 0 Å². The van der Waals surface area contributed by atoms with Crippen molar-refractivity contribution in [1.29, 1.82) is 0 Å². The van der Waals surface area contributed by atoms with Gasteiger partial charge in [0.05, 0.1) is 0 Å². The van der Waals surface area contributed by atoms with E-state index in [1.807, 2.05) is 0 Å². The Bertz CT molecular complexity index is 616. The molecule has 0 aliphatic heterocycles. The molecule has 0 radical (unpaired) electrons. The van der Waals surface area contributed by atoms with E-state index >= 15 is 0 Å². The summed E-state index contributed by atoms with van der Waals surface area (Å²) in [4.78, 5) is 32.1. The lowest BCUT2D eigenvalue weighted by atomic mass is 9.82. The molecule has 0 aliphatic rings. The summed E-state index contributed by atoms with van der Waals surface area (Å²) in [5.74, 6) is -29.2. The zero-order valence-electron chi connectivity index (χ0n) is 12.3. The largest absolute Gasteiger partial charge is 0.460 e. The smallest absolute Gasteiger partial charge is 0.289 e. The lowest BCUT2D eigenvalue weighted by molar-refractivity contribution is -0.346. The van der Waals surface area contributed by atoms with Crippen LogP contribution in [0.5, 0.6) is 0 Å². The van der Waals surface area contributed by atoms with Crippen molar-refractivity contribution in [1.82, 2.24) is 0 Å². The number of rotatable bonds is 7. The normalized spacial score (nSPS) is 18.7. The molecule has 0 rings (SSSR count). The summed E-state index contributed by atoms with van der Waals surface area (Å²) in [7, 11) is 0. The third-order valence-corrected chi connectivity index (χ3v) is 3.13. The molecule has 15 heteroatoms. The molecule has 0 heterocycles. The topological polar surface area (TPSA) is 51.2 Å². The van der Waals surface area contributed by atoms with Crippen molar-refractivity contribution in [2.45, 2.75) is 49.1 Å². The van der Waals surface area contributed by atoms with E-state index in [0.717, 1.165) is 0 Å². The first-order chi connectivity index (χ1) is 11.0. The van der Waals surface area contributed by atoms with Crippen molar-refractivity contribution >= 4 is 17.6 Å². The molecule has 0 bridgehead atoms. The highest BCUT2D eigenvalue weighted by molar-refractivity contribution is 6.13. The fraction of sp³-hybridized carbons (Fsp3) is 0.727. The highest BCUT2D eigenvalue weighted by atomic mass is 19.4. The molecule has 3 nitrogen and oxygen atoms in total. The lowest BCUT2D eigenvalue weighted by Gasteiger charge is -2.35. The van der Waals surface area contributed by atoms with E-state index in [0.29, 0.717) is 0 Å². The van der Waals surface area contributed by atoms with Gasteiger partial charge in [-0.2, -0.15) is 43.9 Å². The second-order valence-corrected chi connectivity index (χ2v) is 5.16. The molecule has 0 aromatic rings. The Labute approximate surface area is 135 Å². The Balaban J connectivity index is 6.29. The maximum atomic E-state index is 13.8. The molecule has 0 aromatic heterocycles. The number of carbonyl (C=O) groups is 3. The molecule has 2 unspecified atom stereocenters. The van der Waals surface area contributed by atoms with Crippen LogP contribution >= 0.6 is 0 Å². The van der Waals surface area contributed by atoms with Crippen LogP contribution in [0.3, 0.4) is 0 Å². The van der Waals surface area contributed by atoms with E-state index in [2.05, 4.69) is 0 Å². The maximum Gasteiger partial charge on any atom is 0.460 e. The number of Topliss-reactive ketones (excluding diaryl/α,β-unsaturated/α-hetero) is 2. The minimum absolute atomic E-state index is 0.547. The van der Waals surface area contributed by atoms with Crippen LogP contribution in [0.1, 0.15) is 13.8 Å². The summed E-state index contributed by atoms with van der Waals surface area (Å²) in [5, 5.41) is 0. The second kappa shape index (κ2) is 6.11. The predicted octanol–water partition coefficient (Wildman–Crippen LogP) is 3.55. The monoisotopic (exact) mass is 414 g/mol. The van der Waals surface area contributed by atoms with Gasteiger partial charge in [-0.15, -0.1) is 0 Å². The van der Waals surface area contributed by atoms with Gasteiger partial charge in [0.1, 0.15) is 0 Å². The van der Waals surface area contributed by atoms with Crippen molar-refractivity contribution in [3.63, 3.8) is 0 Å². The molecule has 0 N–H and O–H groups in total. The number of carbonyl (C=O) groups excluding carboxylic acids is 3. The molecule has 26 heavy (non-hydrogen) atoms. The van der Waals surface area contributed by atoms with Crippen LogP contribution in [0, 0.1) is 0 Å². The Morgan fingerprint density at radius 3 is 1.23 bits per heavy atom. The van der Waals surface area contributed by atoms with Gasteiger partial charge >= 0.3 is 30.0 Å². The fourth-order valence-corrected chi connectivity index (χ4v) is 1.36. The number of halogens is 12. The summed E-state index contributed by atoms with van der Waals surface area (Å²) in [6.07, 6.45) is -7.22. The first kappa shape index (κ1) is 24.2. The average Bonchev–Trinajstić information content (AvgIpc) is 2.43. The minimum Gasteiger partial charge on any atom is -0.289 e. The van der Waals surface area contributed by atoms with Crippen molar-refractivity contribution < 1.29 is 67.1 Å². The van der Waals surface area contributed by atoms with E-state index in [1.54, 1.807) is 0 Å². The zero-order valence-corrected chi connectivity index (χ0v) is 12.3. The van der Waals surface area contributed by atoms with E-state index in [9.17, 15) is 67.1 Å². The Morgan fingerprint density at radius 1 is 0.615 bits per heavy atom. The standard InChI is InChI=1S/C11H6F12O3/c1-6(13,5(12)26)3(24)8(15,16)7(2,14)4(25)9(17,18)10(19,20)11(21,22)23/h1-2H3. The third-order valence-electron chi connectivity index (χ3n) is 3.13. The van der Waals surface area contributed by atoms with Crippen LogP contribution < -0.4 is 0 Å². The summed E-state index contributed by atoms with van der Waals surface area (Å²) in [6.45, 7) is -1.58. The van der Waals surface area contributed by atoms with E-state index in [4.69, 9.17) is 0 Å². The molecule has 152 valence electrons. The van der Waals surface area contributed by atoms with Gasteiger partial charge in [-0.25, -0.2) is 8.78 Å². The molecule has 0 spiro atoms. The lowest BCUT2D eigenvalue weighted by Crippen LogP contribution is -2.67. The fourth-order valence-electron chi connectivity index (χ4n) is 1.36. The van der Waals surface area contributed by atoms with Crippen LogP contribution in [-0.2, 0) is 14.4 Å². The average molecular weight is 414 g/mol. The Kier molecular flexibility index (Phi) is 5.68. The van der Waals surface area contributed by atoms with Crippen molar-refractivity contribution in [3.8, 4) is 0 Å². The number of hydrogen-bond acceptors (Lipinski definition) is 3. The van der Waals surface area contributed by atoms with Crippen LogP contribution in [0.2, 0.25) is 0 Å².